The van der Waals surface area contributed by atoms with Crippen molar-refractivity contribution < 1.29 is 0 Å². The maximum Gasteiger partial charge on any atom is 0.0893 e. The van der Waals surface area contributed by atoms with Crippen LogP contribution >= 0.6 is 0 Å². The van der Waals surface area contributed by atoms with Crippen LogP contribution in [0.5, 0.6) is 0 Å². The first-order valence-electron chi connectivity index (χ1n) is 8.17. The van der Waals surface area contributed by atoms with Crippen molar-refractivity contribution in [2.75, 3.05) is 0 Å². The van der Waals surface area contributed by atoms with Crippen LogP contribution in [0.15, 0.2) is 77.0 Å². The maximum atomic E-state index is 4.76. The number of nitrogens with zero attached hydrogens (tertiary/aromatic N) is 4. The van der Waals surface area contributed by atoms with Gasteiger partial charge in [0.05, 0.1) is 34.2 Å². The third-order valence-electron chi connectivity index (χ3n) is 3.78. The van der Waals surface area contributed by atoms with E-state index in [-0.39, 0.29) is 0 Å². The summed E-state index contributed by atoms with van der Waals surface area (Å²) >= 11 is 0. The molecule has 0 radical (unpaired) electrons. The largest absolute Gasteiger partial charge is 0.255 e. The molecule has 0 atom stereocenters. The van der Waals surface area contributed by atoms with Crippen LogP contribution in [0.4, 0.5) is 11.4 Å². The summed E-state index contributed by atoms with van der Waals surface area (Å²) in [5.41, 5.74) is 6.24. The highest BCUT2D eigenvalue weighted by Gasteiger charge is 2.06. The first-order valence-corrected chi connectivity index (χ1v) is 8.17. The van der Waals surface area contributed by atoms with E-state index >= 15 is 0 Å². The molecule has 4 nitrogen and oxygen atoms in total. The summed E-state index contributed by atoms with van der Waals surface area (Å²) in [4.78, 5) is 18.2. The Labute approximate surface area is 148 Å². The molecule has 0 fully saturated rings. The molecule has 2 aromatic heterocycles. The van der Waals surface area contributed by atoms with Gasteiger partial charge in [-0.2, -0.15) is 0 Å². The van der Waals surface area contributed by atoms with Crippen molar-refractivity contribution >= 4 is 22.8 Å². The molecule has 0 spiro atoms. The summed E-state index contributed by atoms with van der Waals surface area (Å²) in [7, 11) is 0. The van der Waals surface area contributed by atoms with E-state index in [1.807, 2.05) is 75.4 Å². The Bertz CT molecular complexity index is 913. The van der Waals surface area contributed by atoms with Crippen molar-refractivity contribution in [3.8, 4) is 0 Å². The molecule has 0 amide bonds. The zero-order valence-electron chi connectivity index (χ0n) is 14.6. The summed E-state index contributed by atoms with van der Waals surface area (Å²) in [6, 6.07) is 17.7. The van der Waals surface area contributed by atoms with Gasteiger partial charge < -0.3 is 0 Å². The second-order valence-electron chi connectivity index (χ2n) is 5.82. The number of pyridine rings is 2. The summed E-state index contributed by atoms with van der Waals surface area (Å²) in [6.45, 7) is 5.97. The quantitative estimate of drug-likeness (QED) is 0.628. The van der Waals surface area contributed by atoms with E-state index in [0.717, 1.165) is 39.7 Å². The fraction of sp³-hybridized carbons (Fsp3) is 0.143. The molecule has 0 aliphatic heterocycles. The average molecular weight is 328 g/mol. The number of benzene rings is 1. The van der Waals surface area contributed by atoms with Gasteiger partial charge in [-0.3, -0.25) is 9.97 Å². The molecule has 2 heterocycles. The van der Waals surface area contributed by atoms with Crippen LogP contribution in [0.25, 0.3) is 0 Å². The maximum absolute atomic E-state index is 4.76. The molecule has 0 saturated carbocycles. The second kappa shape index (κ2) is 7.62. The number of rotatable bonds is 4. The smallest absolute Gasteiger partial charge is 0.0893 e. The van der Waals surface area contributed by atoms with Gasteiger partial charge in [-0.05, 0) is 62.7 Å². The fourth-order valence-corrected chi connectivity index (χ4v) is 2.45. The fourth-order valence-electron chi connectivity index (χ4n) is 2.45. The second-order valence-corrected chi connectivity index (χ2v) is 5.82. The monoisotopic (exact) mass is 328 g/mol. The van der Waals surface area contributed by atoms with E-state index in [2.05, 4.69) is 9.97 Å². The Morgan fingerprint density at radius 3 is 1.80 bits per heavy atom. The lowest BCUT2D eigenvalue weighted by atomic mass is 10.1. The van der Waals surface area contributed by atoms with Crippen LogP contribution in [0.1, 0.15) is 30.8 Å². The summed E-state index contributed by atoms with van der Waals surface area (Å²) in [5, 5.41) is 0. The van der Waals surface area contributed by atoms with Gasteiger partial charge in [-0.25, -0.2) is 9.98 Å². The van der Waals surface area contributed by atoms with E-state index < -0.39 is 0 Å². The van der Waals surface area contributed by atoms with Crippen LogP contribution < -0.4 is 0 Å². The highest BCUT2D eigenvalue weighted by molar-refractivity contribution is 6.01. The molecule has 124 valence electrons. The third-order valence-corrected chi connectivity index (χ3v) is 3.78. The van der Waals surface area contributed by atoms with Gasteiger partial charge in [0.2, 0.25) is 0 Å². The first kappa shape index (κ1) is 16.7. The molecule has 3 aromatic rings. The number of aromatic nitrogens is 2. The van der Waals surface area contributed by atoms with E-state index in [0.29, 0.717) is 0 Å². The normalized spacial score (nSPS) is 12.3. The predicted octanol–water partition coefficient (Wildman–Crippen LogP) is 5.07. The van der Waals surface area contributed by atoms with Gasteiger partial charge in [0.15, 0.2) is 0 Å². The molecule has 25 heavy (non-hydrogen) atoms. The molecule has 1 aromatic carbocycles. The van der Waals surface area contributed by atoms with Crippen molar-refractivity contribution in [2.45, 2.75) is 20.8 Å². The van der Waals surface area contributed by atoms with Gasteiger partial charge in [-0.15, -0.1) is 0 Å². The van der Waals surface area contributed by atoms with Crippen LogP contribution in [0.3, 0.4) is 0 Å². The summed E-state index contributed by atoms with van der Waals surface area (Å²) < 4.78 is 0. The molecule has 0 saturated heterocycles. The molecular formula is C21H20N4. The standard InChI is InChI=1S/C21H20N4/c1-15-10-11-20(24-16(2)18-8-4-6-12-22-18)21(14-15)25-17(3)19-9-5-7-13-23-19/h4-14H,1-3H3. The van der Waals surface area contributed by atoms with Gasteiger partial charge in [0.1, 0.15) is 0 Å². The number of aliphatic imine (C=N–C) groups is 2. The van der Waals surface area contributed by atoms with Crippen LogP contribution in [0.2, 0.25) is 0 Å². The highest BCUT2D eigenvalue weighted by Crippen LogP contribution is 2.30. The van der Waals surface area contributed by atoms with Crippen LogP contribution in [-0.2, 0) is 0 Å². The predicted molar refractivity (Wildman–Crippen MR) is 103 cm³/mol. The Kier molecular flexibility index (Phi) is 5.09. The lowest BCUT2D eigenvalue weighted by Gasteiger charge is -2.06. The lowest BCUT2D eigenvalue weighted by molar-refractivity contribution is 1.27. The molecule has 0 aliphatic rings. The van der Waals surface area contributed by atoms with Crippen molar-refractivity contribution in [3.63, 3.8) is 0 Å². The van der Waals surface area contributed by atoms with Crippen LogP contribution in [-0.4, -0.2) is 21.4 Å². The Morgan fingerprint density at radius 2 is 1.28 bits per heavy atom. The number of aryl methyl sites for hydroxylation is 1. The highest BCUT2D eigenvalue weighted by atomic mass is 14.9. The van der Waals surface area contributed by atoms with Crippen molar-refractivity contribution in [2.24, 2.45) is 9.98 Å². The average Bonchev–Trinajstić information content (AvgIpc) is 2.65. The zero-order chi connectivity index (χ0) is 17.6. The first-order chi connectivity index (χ1) is 12.1. The van der Waals surface area contributed by atoms with Crippen molar-refractivity contribution in [3.05, 3.63) is 83.9 Å². The number of hydrogen-bond donors (Lipinski definition) is 0. The minimum atomic E-state index is 0.823. The Balaban J connectivity index is 2.02. The van der Waals surface area contributed by atoms with E-state index in [9.17, 15) is 0 Å². The van der Waals surface area contributed by atoms with Crippen molar-refractivity contribution in [1.29, 1.82) is 0 Å². The molecule has 4 heteroatoms. The van der Waals surface area contributed by atoms with Gasteiger partial charge in [0.25, 0.3) is 0 Å². The van der Waals surface area contributed by atoms with Gasteiger partial charge in [-0.1, -0.05) is 18.2 Å². The van der Waals surface area contributed by atoms with E-state index in [1.54, 1.807) is 12.4 Å². The zero-order valence-corrected chi connectivity index (χ0v) is 14.6. The molecule has 3 rings (SSSR count). The molecular weight excluding hydrogens is 308 g/mol. The van der Waals surface area contributed by atoms with E-state index in [4.69, 9.17) is 9.98 Å². The molecule has 0 bridgehead atoms. The van der Waals surface area contributed by atoms with Gasteiger partial charge >= 0.3 is 0 Å². The SMILES string of the molecule is CC(=Nc1ccc(C)cc1N=C(C)c1ccccn1)c1ccccn1. The summed E-state index contributed by atoms with van der Waals surface area (Å²) in [6.07, 6.45) is 3.54. The van der Waals surface area contributed by atoms with E-state index in [1.165, 1.54) is 0 Å². The Morgan fingerprint density at radius 1 is 0.720 bits per heavy atom. The third kappa shape index (κ3) is 4.23. The topological polar surface area (TPSA) is 50.5 Å². The molecule has 0 N–H and O–H groups in total. The summed E-state index contributed by atoms with van der Waals surface area (Å²) in [5.74, 6) is 0. The number of hydrogen-bond acceptors (Lipinski definition) is 4. The van der Waals surface area contributed by atoms with Crippen LogP contribution in [0, 0.1) is 6.92 Å². The molecule has 0 unspecified atom stereocenters. The minimum Gasteiger partial charge on any atom is -0.255 e. The lowest BCUT2D eigenvalue weighted by Crippen LogP contribution is -1.98. The van der Waals surface area contributed by atoms with Crippen molar-refractivity contribution in [1.82, 2.24) is 9.97 Å². The van der Waals surface area contributed by atoms with Gasteiger partial charge in [0, 0.05) is 12.4 Å². The molecule has 0 aliphatic carbocycles. The minimum absolute atomic E-state index is 0.823. The Hall–Kier alpha value is -3.14.